The lowest BCUT2D eigenvalue weighted by Crippen LogP contribution is -2.56. The third-order valence-electron chi connectivity index (χ3n) is 4.94. The number of aromatic amines is 1. The monoisotopic (exact) mass is 478 g/mol. The second-order valence-electron chi connectivity index (χ2n) is 7.21. The molecule has 0 saturated carbocycles. The largest absolute Gasteiger partial charge is 0.529 e. The van der Waals surface area contributed by atoms with Crippen molar-refractivity contribution in [3.63, 3.8) is 0 Å². The Labute approximate surface area is 188 Å². The summed E-state index contributed by atoms with van der Waals surface area (Å²) >= 11 is 5.69. The normalized spacial score (nSPS) is 32.3. The number of ether oxygens (including phenoxy) is 1. The van der Waals surface area contributed by atoms with Gasteiger partial charge in [-0.3, -0.25) is 23.4 Å². The number of hydrogen-bond acceptors (Lipinski definition) is 8. The minimum atomic E-state index is -4.55. The van der Waals surface area contributed by atoms with E-state index in [2.05, 4.69) is 0 Å². The van der Waals surface area contributed by atoms with Gasteiger partial charge in [-0.15, -0.1) is 0 Å². The zero-order valence-electron chi connectivity index (χ0n) is 16.1. The van der Waals surface area contributed by atoms with Gasteiger partial charge >= 0.3 is 13.5 Å². The van der Waals surface area contributed by atoms with Crippen LogP contribution in [-0.4, -0.2) is 55.6 Å². The number of para-hydroxylation sites is 1. The number of nitrogens with one attached hydrogen (secondary N) is 1. The number of benzene rings is 1. The first-order valence-electron chi connectivity index (χ1n) is 8.97. The Morgan fingerprint density at radius 1 is 1.38 bits per heavy atom. The van der Waals surface area contributed by atoms with E-state index in [1.807, 2.05) is 4.98 Å². The van der Waals surface area contributed by atoms with Crippen LogP contribution in [-0.2, 0) is 30.6 Å². The molecule has 0 bridgehead atoms. The first kappa shape index (κ1) is 23.3. The van der Waals surface area contributed by atoms with E-state index in [9.17, 15) is 19.3 Å². The maximum atomic E-state index is 15.8. The number of nitrogens with zero attached hydrogens (tertiary/aromatic N) is 1. The third kappa shape index (κ3) is 3.78. The average Bonchev–Trinajstić information content (AvgIpc) is 2.94. The molecule has 3 heterocycles. The van der Waals surface area contributed by atoms with Crippen molar-refractivity contribution in [2.75, 3.05) is 0 Å². The number of aromatic nitrogens is 2. The van der Waals surface area contributed by atoms with Crippen molar-refractivity contribution in [3.05, 3.63) is 61.9 Å². The number of H-pyrrole nitrogens is 1. The van der Waals surface area contributed by atoms with Gasteiger partial charge in [0, 0.05) is 18.2 Å². The predicted molar refractivity (Wildman–Crippen MR) is 110 cm³/mol. The molecule has 2 aromatic rings. The molecule has 4 rings (SSSR count). The maximum Gasteiger partial charge on any atom is 0.529 e. The van der Waals surface area contributed by atoms with Gasteiger partial charge < -0.3 is 14.4 Å². The summed E-state index contributed by atoms with van der Waals surface area (Å²) in [7, 11) is 12.8. The molecule has 2 aliphatic heterocycles. The van der Waals surface area contributed by atoms with Crippen LogP contribution in [0.1, 0.15) is 12.0 Å². The van der Waals surface area contributed by atoms with E-state index in [1.165, 1.54) is 6.07 Å². The fraction of sp³-hybridized carbons (Fsp3) is 0.375. The summed E-state index contributed by atoms with van der Waals surface area (Å²) in [6, 6.07) is 6.39. The second-order valence-corrected chi connectivity index (χ2v) is 9.14. The number of rotatable bonds is 4. The molecule has 0 aliphatic carbocycles. The highest BCUT2D eigenvalue weighted by atomic mass is 35.5. The number of halogens is 2. The molecular weight excluding hydrogens is 466 g/mol. The van der Waals surface area contributed by atoms with Gasteiger partial charge in [0.2, 0.25) is 5.85 Å². The molecule has 1 unspecified atom stereocenters. The number of phosphoric ester groups is 1. The molecular formula is C16H12B3ClFN2O8P. The number of aliphatic hydroxyl groups is 1. The maximum absolute atomic E-state index is 15.8. The molecule has 6 radical (unpaired) electrons. The quantitative estimate of drug-likeness (QED) is 0.469. The first-order chi connectivity index (χ1) is 14.8. The highest BCUT2D eigenvalue weighted by Crippen LogP contribution is 2.59. The lowest BCUT2D eigenvalue weighted by molar-refractivity contribution is -0.219. The SMILES string of the molecule is [B]C([B])(OP1(=O)OCc2ccccc2O1)[C@]1(F)C[C@@H](O)[C@]([B])(n2cc(Cl)c(=O)[nH]c2=O)O1. The van der Waals surface area contributed by atoms with Crippen molar-refractivity contribution >= 4 is 43.0 Å². The minimum Gasteiger partial charge on any atom is -0.404 e. The molecule has 4 atom stereocenters. The zero-order valence-corrected chi connectivity index (χ0v) is 17.7. The topological polar surface area (TPSA) is 129 Å². The Bertz CT molecular complexity index is 1240. The van der Waals surface area contributed by atoms with Crippen molar-refractivity contribution < 1.29 is 32.4 Å². The zero-order chi connectivity index (χ0) is 23.5. The Balaban J connectivity index is 1.63. The smallest absolute Gasteiger partial charge is 0.404 e. The van der Waals surface area contributed by atoms with Gasteiger partial charge in [-0.25, -0.2) is 13.8 Å². The average molecular weight is 478 g/mol. The van der Waals surface area contributed by atoms with Gasteiger partial charge in [-0.05, 0) is 6.07 Å². The van der Waals surface area contributed by atoms with Gasteiger partial charge in [0.05, 0.1) is 18.1 Å². The summed E-state index contributed by atoms with van der Waals surface area (Å²) in [5, 5.41) is 6.85. The van der Waals surface area contributed by atoms with Gasteiger partial charge in [0.15, 0.2) is 0 Å². The van der Waals surface area contributed by atoms with Crippen LogP contribution in [0.25, 0.3) is 0 Å². The number of hydrogen-bond donors (Lipinski definition) is 2. The van der Waals surface area contributed by atoms with E-state index >= 15 is 4.39 Å². The predicted octanol–water partition coefficient (Wildman–Crippen LogP) is 0.140. The van der Waals surface area contributed by atoms with Gasteiger partial charge in [-0.1, -0.05) is 29.8 Å². The molecule has 0 spiro atoms. The van der Waals surface area contributed by atoms with Crippen LogP contribution < -0.4 is 15.8 Å². The van der Waals surface area contributed by atoms with E-state index in [-0.39, 0.29) is 12.4 Å². The van der Waals surface area contributed by atoms with E-state index in [0.717, 1.165) is 6.20 Å². The van der Waals surface area contributed by atoms with Crippen molar-refractivity contribution in [1.82, 2.24) is 9.55 Å². The molecule has 32 heavy (non-hydrogen) atoms. The van der Waals surface area contributed by atoms with Gasteiger partial charge in [0.1, 0.15) is 39.9 Å². The third-order valence-corrected chi connectivity index (χ3v) is 6.60. The fourth-order valence-corrected chi connectivity index (χ4v) is 4.74. The Hall–Kier alpha value is -1.82. The summed E-state index contributed by atoms with van der Waals surface area (Å²) in [6.07, 6.45) is -2.24. The van der Waals surface area contributed by atoms with E-state index in [1.54, 1.807) is 18.2 Å². The van der Waals surface area contributed by atoms with Crippen molar-refractivity contribution in [3.8, 4) is 5.75 Å². The first-order valence-corrected chi connectivity index (χ1v) is 10.8. The van der Waals surface area contributed by atoms with Gasteiger partial charge in [0.25, 0.3) is 5.56 Å². The van der Waals surface area contributed by atoms with Crippen LogP contribution in [0.3, 0.4) is 0 Å². The van der Waals surface area contributed by atoms with Crippen LogP contribution in [0.15, 0.2) is 40.1 Å². The Kier molecular flexibility index (Phi) is 5.55. The highest BCUT2D eigenvalue weighted by molar-refractivity contribution is 7.49. The van der Waals surface area contributed by atoms with Crippen LogP contribution in [0, 0.1) is 0 Å². The van der Waals surface area contributed by atoms with Crippen molar-refractivity contribution in [2.24, 2.45) is 0 Å². The molecule has 2 N–H and O–H groups in total. The Morgan fingerprint density at radius 3 is 2.78 bits per heavy atom. The van der Waals surface area contributed by atoms with Crippen LogP contribution >= 0.6 is 19.4 Å². The molecule has 1 aromatic carbocycles. The van der Waals surface area contributed by atoms with Crippen LogP contribution in [0.5, 0.6) is 5.75 Å². The summed E-state index contributed by atoms with van der Waals surface area (Å²) < 4.78 is 49.4. The van der Waals surface area contributed by atoms with E-state index in [4.69, 9.17) is 53.4 Å². The lowest BCUT2D eigenvalue weighted by Gasteiger charge is -2.41. The molecule has 10 nitrogen and oxygen atoms in total. The molecule has 2 aliphatic rings. The van der Waals surface area contributed by atoms with Crippen molar-refractivity contribution in [2.45, 2.75) is 36.0 Å². The van der Waals surface area contributed by atoms with Crippen LogP contribution in [0.2, 0.25) is 5.02 Å². The number of alkyl halides is 1. The summed E-state index contributed by atoms with van der Waals surface area (Å²) in [6.45, 7) is -0.210. The summed E-state index contributed by atoms with van der Waals surface area (Å²) in [5.41, 5.74) is -4.20. The van der Waals surface area contributed by atoms with Crippen molar-refractivity contribution in [1.29, 1.82) is 0 Å². The molecule has 16 heteroatoms. The molecule has 1 fully saturated rings. The number of fused-ring (bicyclic) bond motifs is 1. The lowest BCUT2D eigenvalue weighted by atomic mass is 9.60. The molecule has 0 amide bonds. The summed E-state index contributed by atoms with van der Waals surface area (Å²) in [5.74, 6) is -3.18. The Morgan fingerprint density at radius 2 is 2.06 bits per heavy atom. The van der Waals surface area contributed by atoms with Gasteiger partial charge in [-0.2, -0.15) is 0 Å². The van der Waals surface area contributed by atoms with E-state index < -0.39 is 53.5 Å². The van der Waals surface area contributed by atoms with E-state index in [0.29, 0.717) is 10.1 Å². The highest BCUT2D eigenvalue weighted by Gasteiger charge is 2.63. The second kappa shape index (κ2) is 7.61. The minimum absolute atomic E-state index is 0.140. The fourth-order valence-electron chi connectivity index (χ4n) is 3.23. The molecule has 1 saturated heterocycles. The van der Waals surface area contributed by atoms with Crippen LogP contribution in [0.4, 0.5) is 4.39 Å². The standard InChI is InChI=1S/C16H12B3ClFN2O8P/c17-15(23-6-9(20)12(25)22-13(23)26)11(24)5-14(21,30-15)16(18,19)31-32(27)28-7-8-3-1-2-4-10(8)29-32/h1-4,6,11,24H,5,7H2,(H,22,25,26)/t11-,14+,15+,32?/m1/s1. The number of phosphoric acid groups is 1. The molecule has 1 aromatic heterocycles. The number of aliphatic hydroxyl groups excluding tert-OH is 1. The summed E-state index contributed by atoms with van der Waals surface area (Å²) in [4.78, 5) is 25.5. The molecule has 162 valence electrons.